The Morgan fingerprint density at radius 2 is 1.00 bits per heavy atom. The van der Waals surface area contributed by atoms with Gasteiger partial charge < -0.3 is 8.83 Å². The Labute approximate surface area is 272 Å². The van der Waals surface area contributed by atoms with Gasteiger partial charge in [0.05, 0.1) is 0 Å². The van der Waals surface area contributed by atoms with E-state index in [1.165, 1.54) is 43.8 Å². The lowest BCUT2D eigenvalue weighted by atomic mass is 9.86. The lowest BCUT2D eigenvalue weighted by Gasteiger charge is -2.18. The molecule has 0 fully saturated rings. The number of aryl methyl sites for hydroxylation is 1. The number of furan rings is 2. The van der Waals surface area contributed by atoms with Crippen molar-refractivity contribution in [2.24, 2.45) is 0 Å². The molecule has 7 aromatic carbocycles. The van der Waals surface area contributed by atoms with Crippen molar-refractivity contribution in [3.8, 4) is 22.3 Å². The summed E-state index contributed by atoms with van der Waals surface area (Å²) in [5, 5.41) is 8.22. The second-order valence-electron chi connectivity index (χ2n) is 12.2. The summed E-state index contributed by atoms with van der Waals surface area (Å²) in [6.45, 7) is 6.50. The van der Waals surface area contributed by atoms with Crippen LogP contribution in [-0.2, 0) is 0 Å². The monoisotopic (exact) mass is 602 g/mol. The minimum absolute atomic E-state index is 0.781. The molecular formula is C45H30O2. The predicted molar refractivity (Wildman–Crippen MR) is 199 cm³/mol. The van der Waals surface area contributed by atoms with E-state index in [0.29, 0.717) is 0 Å². The van der Waals surface area contributed by atoms with Gasteiger partial charge in [0.25, 0.3) is 0 Å². The van der Waals surface area contributed by atoms with Crippen LogP contribution in [-0.4, -0.2) is 0 Å². The number of hydrogen-bond acceptors (Lipinski definition) is 2. The predicted octanol–water partition coefficient (Wildman–Crippen LogP) is 13.0. The molecule has 2 nitrogen and oxygen atoms in total. The number of hydrogen-bond donors (Lipinski definition) is 0. The first-order valence-corrected chi connectivity index (χ1v) is 16.0. The molecule has 0 saturated heterocycles. The summed E-state index contributed by atoms with van der Waals surface area (Å²) in [6.07, 6.45) is 4.05. The Morgan fingerprint density at radius 3 is 1.64 bits per heavy atom. The molecule has 0 aliphatic rings. The first-order chi connectivity index (χ1) is 23.2. The highest BCUT2D eigenvalue weighted by Crippen LogP contribution is 2.44. The topological polar surface area (TPSA) is 26.3 Å². The van der Waals surface area contributed by atoms with Gasteiger partial charge in [-0.05, 0) is 86.1 Å². The van der Waals surface area contributed by atoms with Crippen molar-refractivity contribution in [1.82, 2.24) is 0 Å². The first-order valence-electron chi connectivity index (χ1n) is 16.0. The molecule has 2 heteroatoms. The van der Waals surface area contributed by atoms with Crippen LogP contribution in [0.5, 0.6) is 0 Å². The molecule has 0 bridgehead atoms. The van der Waals surface area contributed by atoms with Gasteiger partial charge in [0.15, 0.2) is 11.2 Å². The highest BCUT2D eigenvalue weighted by Gasteiger charge is 2.18. The number of fused-ring (bicyclic) bond motifs is 7. The Balaban J connectivity index is 1.08. The van der Waals surface area contributed by atoms with Crippen LogP contribution in [0.25, 0.3) is 88.4 Å². The van der Waals surface area contributed by atoms with E-state index >= 15 is 0 Å². The van der Waals surface area contributed by atoms with E-state index in [0.717, 1.165) is 55.4 Å². The summed E-state index contributed by atoms with van der Waals surface area (Å²) in [4.78, 5) is 0. The van der Waals surface area contributed by atoms with Crippen molar-refractivity contribution in [2.75, 3.05) is 0 Å². The van der Waals surface area contributed by atoms with Crippen LogP contribution < -0.4 is 0 Å². The summed E-state index contributed by atoms with van der Waals surface area (Å²) < 4.78 is 12.6. The Morgan fingerprint density at radius 1 is 0.489 bits per heavy atom. The minimum atomic E-state index is 0.781. The second kappa shape index (κ2) is 10.8. The zero-order chi connectivity index (χ0) is 31.5. The minimum Gasteiger partial charge on any atom is -0.452 e. The van der Waals surface area contributed by atoms with Gasteiger partial charge >= 0.3 is 0 Å². The van der Waals surface area contributed by atoms with Gasteiger partial charge in [0.2, 0.25) is 0 Å². The lowest BCUT2D eigenvalue weighted by Crippen LogP contribution is -1.91. The average Bonchev–Trinajstić information content (AvgIpc) is 3.67. The van der Waals surface area contributed by atoms with Gasteiger partial charge in [-0.25, -0.2) is 0 Å². The third kappa shape index (κ3) is 4.34. The van der Waals surface area contributed by atoms with E-state index in [2.05, 4.69) is 135 Å². The van der Waals surface area contributed by atoms with Crippen LogP contribution in [0.2, 0.25) is 0 Å². The Hall–Kier alpha value is -6.12. The number of para-hydroxylation sites is 1. The number of benzene rings is 7. The van der Waals surface area contributed by atoms with Gasteiger partial charge in [-0.3, -0.25) is 0 Å². The summed E-state index contributed by atoms with van der Waals surface area (Å²) >= 11 is 0. The summed E-state index contributed by atoms with van der Waals surface area (Å²) in [5.74, 6) is 0.808. The number of allylic oxidation sites excluding steroid dienone is 2. The van der Waals surface area contributed by atoms with Gasteiger partial charge in [-0.15, -0.1) is 0 Å². The maximum absolute atomic E-state index is 6.41. The van der Waals surface area contributed by atoms with E-state index in [9.17, 15) is 0 Å². The highest BCUT2D eigenvalue weighted by molar-refractivity contribution is 6.21. The van der Waals surface area contributed by atoms with Crippen LogP contribution in [0.1, 0.15) is 16.9 Å². The van der Waals surface area contributed by atoms with Gasteiger partial charge in [0.1, 0.15) is 11.3 Å². The van der Waals surface area contributed by atoms with Crippen molar-refractivity contribution < 1.29 is 8.83 Å². The van der Waals surface area contributed by atoms with Crippen molar-refractivity contribution in [1.29, 1.82) is 0 Å². The molecule has 0 amide bonds. The van der Waals surface area contributed by atoms with E-state index in [-0.39, 0.29) is 0 Å². The molecule has 0 saturated carbocycles. The van der Waals surface area contributed by atoms with Crippen molar-refractivity contribution >= 4 is 66.1 Å². The molecule has 0 N–H and O–H groups in total. The van der Waals surface area contributed by atoms with E-state index in [1.807, 2.05) is 30.4 Å². The second-order valence-corrected chi connectivity index (χ2v) is 12.2. The van der Waals surface area contributed by atoms with E-state index in [1.54, 1.807) is 0 Å². The van der Waals surface area contributed by atoms with Gasteiger partial charge in [-0.1, -0.05) is 134 Å². The highest BCUT2D eigenvalue weighted by atomic mass is 16.4. The molecular weight excluding hydrogens is 572 g/mol. The van der Waals surface area contributed by atoms with Crippen LogP contribution in [0.3, 0.4) is 0 Å². The van der Waals surface area contributed by atoms with Crippen LogP contribution in [0.4, 0.5) is 0 Å². The third-order valence-corrected chi connectivity index (χ3v) is 9.46. The first kappa shape index (κ1) is 27.2. The van der Waals surface area contributed by atoms with E-state index < -0.39 is 0 Å². The SMILES string of the molecule is C=C(/C=C\c1oc2c(ccc3c4ccccc4oc32)c1C)c1ccc(-c2c3ccccc3c(-c3ccccc3)c3ccccc23)cc1. The lowest BCUT2D eigenvalue weighted by molar-refractivity contribution is 0.588. The molecule has 2 aromatic heterocycles. The van der Waals surface area contributed by atoms with Crippen LogP contribution in [0.15, 0.2) is 161 Å². The van der Waals surface area contributed by atoms with E-state index in [4.69, 9.17) is 8.83 Å². The molecule has 9 aromatic rings. The quantitative estimate of drug-likeness (QED) is 0.145. The standard InChI is InChI=1S/C45H30O2/c1-28(20-27-40-29(2)33-25-26-39-34-14-10-11-19-41(34)47-45(39)44(33)46-40)30-21-23-32(24-22-30)43-37-17-8-6-15-35(37)42(31-12-4-3-5-13-31)36-16-7-9-18-38(36)43/h3-27H,1H2,2H3/b27-20-. The average molecular weight is 603 g/mol. The molecule has 2 heterocycles. The van der Waals surface area contributed by atoms with Crippen LogP contribution in [0, 0.1) is 6.92 Å². The fraction of sp³-hybridized carbons (Fsp3) is 0.0222. The van der Waals surface area contributed by atoms with Crippen molar-refractivity contribution in [3.63, 3.8) is 0 Å². The smallest absolute Gasteiger partial charge is 0.178 e. The molecule has 0 atom stereocenters. The molecule has 0 unspecified atom stereocenters. The van der Waals surface area contributed by atoms with Gasteiger partial charge in [0, 0.05) is 21.7 Å². The normalized spacial score (nSPS) is 11.9. The summed E-state index contributed by atoms with van der Waals surface area (Å²) in [7, 11) is 0. The molecule has 222 valence electrons. The van der Waals surface area contributed by atoms with Crippen molar-refractivity contribution in [3.05, 3.63) is 169 Å². The fourth-order valence-electron chi connectivity index (χ4n) is 7.12. The summed E-state index contributed by atoms with van der Waals surface area (Å²) in [5.41, 5.74) is 10.4. The van der Waals surface area contributed by atoms with Gasteiger partial charge in [-0.2, -0.15) is 0 Å². The third-order valence-electron chi connectivity index (χ3n) is 9.46. The zero-order valence-corrected chi connectivity index (χ0v) is 26.0. The zero-order valence-electron chi connectivity index (χ0n) is 26.0. The molecule has 0 aliphatic heterocycles. The molecule has 9 rings (SSSR count). The molecule has 0 aliphatic carbocycles. The molecule has 47 heavy (non-hydrogen) atoms. The largest absolute Gasteiger partial charge is 0.452 e. The molecule has 0 radical (unpaired) electrons. The van der Waals surface area contributed by atoms with Crippen LogP contribution >= 0.6 is 0 Å². The summed E-state index contributed by atoms with van der Waals surface area (Å²) in [6, 6.07) is 49.4. The fourth-order valence-corrected chi connectivity index (χ4v) is 7.12. The number of rotatable bonds is 5. The Kier molecular flexibility index (Phi) is 6.22. The molecule has 0 spiro atoms. The maximum atomic E-state index is 6.41. The Bertz CT molecular complexity index is 2630. The maximum Gasteiger partial charge on any atom is 0.178 e. The van der Waals surface area contributed by atoms with Crippen molar-refractivity contribution in [2.45, 2.75) is 6.92 Å².